The second-order valence-electron chi connectivity index (χ2n) is 17.1. The minimum Gasteiger partial charge on any atom is -0.311 e. The Morgan fingerprint density at radius 3 is 1.62 bits per heavy atom. The summed E-state index contributed by atoms with van der Waals surface area (Å²) in [5.41, 5.74) is 17.1. The molecule has 2 nitrogen and oxygen atoms in total. The van der Waals surface area contributed by atoms with Crippen molar-refractivity contribution in [1.29, 1.82) is 0 Å². The highest BCUT2D eigenvalue weighted by atomic mass is 15.1. The van der Waals surface area contributed by atoms with Crippen molar-refractivity contribution in [3.63, 3.8) is 0 Å². The Morgan fingerprint density at radius 1 is 0.529 bits per heavy atom. The Hall–Kier alpha value is -8.46. The Labute approximate surface area is 403 Å². The zero-order valence-electron chi connectivity index (χ0n) is 38.5. The van der Waals surface area contributed by atoms with Gasteiger partial charge in [-0.3, -0.25) is 0 Å². The van der Waals surface area contributed by atoms with Crippen molar-refractivity contribution in [2.75, 3.05) is 9.80 Å². The molecule has 0 saturated carbocycles. The standard InChI is InChI=1S/C66H56N2/c1-4-6-18-50(3)67(63-41-35-57(36-42-63)53-21-10-7-11-22-53)64-43-37-59(38-44-64)56-29-31-60(32-30-56)61-26-17-20-51(49-61)19-16-25-52(5-2)55-33-45-65(46-34-55)68(62-27-14-9-15-28-62)66-47-39-58(40-48-66)54-23-12-8-13-24-54/h4-23,26-49,52,54H,1-3,24-25H2/b18-6-,19-16+. The maximum Gasteiger partial charge on any atom is 0.0461 e. The monoisotopic (exact) mass is 876 g/mol. The van der Waals surface area contributed by atoms with Crippen molar-refractivity contribution >= 4 is 34.5 Å². The second-order valence-corrected chi connectivity index (χ2v) is 17.1. The van der Waals surface area contributed by atoms with E-state index in [1.54, 1.807) is 6.08 Å². The molecule has 8 aromatic carbocycles. The predicted molar refractivity (Wildman–Crippen MR) is 293 cm³/mol. The van der Waals surface area contributed by atoms with Crippen LogP contribution in [-0.4, -0.2) is 0 Å². The van der Waals surface area contributed by atoms with Crippen LogP contribution in [0.5, 0.6) is 0 Å². The first-order chi connectivity index (χ1) is 33.5. The molecule has 2 unspecified atom stereocenters. The van der Waals surface area contributed by atoms with Crippen LogP contribution in [0.2, 0.25) is 0 Å². The molecular formula is C66H56N2. The molecule has 2 atom stereocenters. The Balaban J connectivity index is 0.855. The van der Waals surface area contributed by atoms with Crippen LogP contribution in [-0.2, 0) is 0 Å². The van der Waals surface area contributed by atoms with Gasteiger partial charge in [0, 0.05) is 46.0 Å². The first kappa shape index (κ1) is 44.7. The van der Waals surface area contributed by atoms with Crippen molar-refractivity contribution in [1.82, 2.24) is 0 Å². The topological polar surface area (TPSA) is 6.48 Å². The van der Waals surface area contributed by atoms with E-state index in [0.29, 0.717) is 5.92 Å². The predicted octanol–water partition coefficient (Wildman–Crippen LogP) is 18.5. The first-order valence-corrected chi connectivity index (χ1v) is 23.5. The summed E-state index contributed by atoms with van der Waals surface area (Å²) in [4.78, 5) is 4.50. The SMILES string of the molecule is C=C/C=C\C(=C)N(c1ccc(-c2ccccc2)cc1)c1ccc(-c2ccc(-c3cccc(/C=C/CC(C=C)c4ccc(N(c5ccccc5)c5ccc(C6C=CC=CC6)cc5)cc4)c3)cc2)cc1. The summed E-state index contributed by atoms with van der Waals surface area (Å²) in [7, 11) is 0. The van der Waals surface area contributed by atoms with Crippen LogP contribution in [0.4, 0.5) is 28.4 Å². The molecule has 0 aliphatic heterocycles. The summed E-state index contributed by atoms with van der Waals surface area (Å²) in [6, 6.07) is 74.0. The van der Waals surface area contributed by atoms with Gasteiger partial charge in [-0.15, -0.1) is 6.58 Å². The zero-order chi connectivity index (χ0) is 46.5. The lowest BCUT2D eigenvalue weighted by atomic mass is 9.92. The van der Waals surface area contributed by atoms with Gasteiger partial charge in [-0.25, -0.2) is 0 Å². The molecule has 0 fully saturated rings. The summed E-state index contributed by atoms with van der Waals surface area (Å²) >= 11 is 0. The summed E-state index contributed by atoms with van der Waals surface area (Å²) in [5, 5.41) is 0. The number of allylic oxidation sites excluding steroid dienone is 9. The fraction of sp³-hybridized carbons (Fsp3) is 0.0606. The number of para-hydroxylation sites is 1. The van der Waals surface area contributed by atoms with Crippen LogP contribution in [0.25, 0.3) is 39.5 Å². The lowest BCUT2D eigenvalue weighted by molar-refractivity contribution is 0.854. The lowest BCUT2D eigenvalue weighted by Gasteiger charge is -2.26. The van der Waals surface area contributed by atoms with Gasteiger partial charge in [-0.05, 0) is 136 Å². The van der Waals surface area contributed by atoms with Gasteiger partial charge in [0.25, 0.3) is 0 Å². The summed E-state index contributed by atoms with van der Waals surface area (Å²) in [6.07, 6.45) is 23.0. The third-order valence-corrected chi connectivity index (χ3v) is 12.6. The largest absolute Gasteiger partial charge is 0.311 e. The maximum atomic E-state index is 4.41. The summed E-state index contributed by atoms with van der Waals surface area (Å²) in [6.45, 7) is 12.5. The fourth-order valence-electron chi connectivity index (χ4n) is 8.96. The molecule has 0 N–H and O–H groups in total. The molecule has 330 valence electrons. The van der Waals surface area contributed by atoms with E-state index in [-0.39, 0.29) is 5.92 Å². The molecule has 8 aromatic rings. The zero-order valence-corrected chi connectivity index (χ0v) is 38.5. The molecule has 0 aromatic heterocycles. The Kier molecular flexibility index (Phi) is 14.3. The van der Waals surface area contributed by atoms with E-state index in [1.807, 2.05) is 18.2 Å². The maximum absolute atomic E-state index is 4.41. The molecule has 0 bridgehead atoms. The van der Waals surface area contributed by atoms with Crippen LogP contribution in [0, 0.1) is 0 Å². The van der Waals surface area contributed by atoms with Crippen molar-refractivity contribution in [2.45, 2.75) is 24.7 Å². The van der Waals surface area contributed by atoms with Gasteiger partial charge >= 0.3 is 0 Å². The fourth-order valence-corrected chi connectivity index (χ4v) is 8.96. The van der Waals surface area contributed by atoms with Crippen molar-refractivity contribution in [3.8, 4) is 33.4 Å². The summed E-state index contributed by atoms with van der Waals surface area (Å²) < 4.78 is 0. The first-order valence-electron chi connectivity index (χ1n) is 23.5. The smallest absolute Gasteiger partial charge is 0.0461 e. The molecule has 0 heterocycles. The number of nitrogens with zero attached hydrogens (tertiary/aromatic N) is 2. The molecule has 1 aliphatic rings. The normalized spacial score (nSPS) is 13.6. The number of rotatable bonds is 17. The van der Waals surface area contributed by atoms with Crippen LogP contribution in [0.15, 0.2) is 286 Å². The van der Waals surface area contributed by atoms with E-state index >= 15 is 0 Å². The molecule has 0 saturated heterocycles. The van der Waals surface area contributed by atoms with Gasteiger partial charge < -0.3 is 9.80 Å². The van der Waals surface area contributed by atoms with Gasteiger partial charge in [0.15, 0.2) is 0 Å². The third kappa shape index (κ3) is 10.6. The minimum atomic E-state index is 0.189. The van der Waals surface area contributed by atoms with Gasteiger partial charge in [0.1, 0.15) is 0 Å². The Morgan fingerprint density at radius 2 is 1.04 bits per heavy atom. The highest BCUT2D eigenvalue weighted by Crippen LogP contribution is 2.38. The molecule has 68 heavy (non-hydrogen) atoms. The van der Waals surface area contributed by atoms with E-state index in [9.17, 15) is 0 Å². The molecule has 0 radical (unpaired) electrons. The van der Waals surface area contributed by atoms with Crippen molar-refractivity contribution in [2.24, 2.45) is 0 Å². The second kappa shape index (κ2) is 21.7. The number of anilines is 5. The van der Waals surface area contributed by atoms with E-state index in [4.69, 9.17) is 0 Å². The van der Waals surface area contributed by atoms with E-state index in [2.05, 4.69) is 272 Å². The van der Waals surface area contributed by atoms with Crippen LogP contribution in [0.3, 0.4) is 0 Å². The van der Waals surface area contributed by atoms with Crippen molar-refractivity contribution < 1.29 is 0 Å². The molecule has 2 heteroatoms. The highest BCUT2D eigenvalue weighted by molar-refractivity contribution is 5.78. The number of hydrogen-bond acceptors (Lipinski definition) is 2. The van der Waals surface area contributed by atoms with Crippen LogP contribution >= 0.6 is 0 Å². The van der Waals surface area contributed by atoms with E-state index in [1.165, 1.54) is 38.9 Å². The highest BCUT2D eigenvalue weighted by Gasteiger charge is 2.16. The average Bonchev–Trinajstić information content (AvgIpc) is 3.41. The van der Waals surface area contributed by atoms with Gasteiger partial charge in [0.2, 0.25) is 0 Å². The number of benzene rings is 8. The quantitative estimate of drug-likeness (QED) is 0.0664. The lowest BCUT2D eigenvalue weighted by Crippen LogP contribution is -2.14. The van der Waals surface area contributed by atoms with E-state index < -0.39 is 0 Å². The molecule has 1 aliphatic carbocycles. The van der Waals surface area contributed by atoms with Gasteiger partial charge in [-0.2, -0.15) is 0 Å². The van der Waals surface area contributed by atoms with Gasteiger partial charge in [-0.1, -0.05) is 207 Å². The third-order valence-electron chi connectivity index (χ3n) is 12.6. The molecule has 0 amide bonds. The van der Waals surface area contributed by atoms with Crippen molar-refractivity contribution in [3.05, 3.63) is 303 Å². The molecule has 9 rings (SSSR count). The van der Waals surface area contributed by atoms with Crippen LogP contribution in [0.1, 0.15) is 41.4 Å². The minimum absolute atomic E-state index is 0.189. The average molecular weight is 877 g/mol. The summed E-state index contributed by atoms with van der Waals surface area (Å²) in [5.74, 6) is 0.614. The molecular weight excluding hydrogens is 821 g/mol. The van der Waals surface area contributed by atoms with Crippen LogP contribution < -0.4 is 9.80 Å². The molecule has 0 spiro atoms. The Bertz CT molecular complexity index is 3060. The van der Waals surface area contributed by atoms with Gasteiger partial charge in [0.05, 0.1) is 0 Å². The van der Waals surface area contributed by atoms with E-state index in [0.717, 1.165) is 58.1 Å². The number of hydrogen-bond donors (Lipinski definition) is 0.